The van der Waals surface area contributed by atoms with Gasteiger partial charge in [0.15, 0.2) is 0 Å². The fraction of sp³-hybridized carbons (Fsp3) is 0.857. The molecule has 1 aliphatic heterocycles. The largest absolute Gasteiger partial charge is 0.481 e. The molecule has 6 heteroatoms. The SMILES string of the molecule is CC(C)(C)CC(CNC(=O)N1CCC(C)(O)C1)C(=O)O. The summed E-state index contributed by atoms with van der Waals surface area (Å²) in [6, 6.07) is -0.303. The Kier molecular flexibility index (Phi) is 5.02. The Morgan fingerprint density at radius 2 is 2.00 bits per heavy atom. The van der Waals surface area contributed by atoms with Gasteiger partial charge in [-0.2, -0.15) is 0 Å². The molecule has 2 atom stereocenters. The van der Waals surface area contributed by atoms with Crippen molar-refractivity contribution in [3.8, 4) is 0 Å². The minimum atomic E-state index is -0.895. The molecule has 0 aromatic heterocycles. The molecule has 2 amide bonds. The first-order valence-corrected chi connectivity index (χ1v) is 6.98. The second-order valence-electron chi connectivity index (χ2n) is 7.15. The molecule has 0 aliphatic carbocycles. The van der Waals surface area contributed by atoms with E-state index in [-0.39, 0.29) is 24.5 Å². The number of carboxylic acid groups (broad SMARTS) is 1. The molecule has 20 heavy (non-hydrogen) atoms. The number of amides is 2. The van der Waals surface area contributed by atoms with E-state index in [1.165, 1.54) is 4.90 Å². The minimum absolute atomic E-state index is 0.106. The number of rotatable bonds is 4. The molecule has 1 rings (SSSR count). The van der Waals surface area contributed by atoms with Gasteiger partial charge < -0.3 is 20.4 Å². The monoisotopic (exact) mass is 286 g/mol. The minimum Gasteiger partial charge on any atom is -0.481 e. The normalized spacial score (nSPS) is 24.6. The Balaban J connectivity index is 2.48. The molecule has 0 aromatic carbocycles. The van der Waals surface area contributed by atoms with Crippen molar-refractivity contribution in [1.82, 2.24) is 10.2 Å². The molecule has 116 valence electrons. The van der Waals surface area contributed by atoms with E-state index >= 15 is 0 Å². The Morgan fingerprint density at radius 3 is 2.40 bits per heavy atom. The van der Waals surface area contributed by atoms with Crippen LogP contribution >= 0.6 is 0 Å². The van der Waals surface area contributed by atoms with E-state index in [2.05, 4.69) is 5.32 Å². The van der Waals surface area contributed by atoms with E-state index < -0.39 is 17.5 Å². The van der Waals surface area contributed by atoms with Crippen molar-refractivity contribution in [2.45, 2.75) is 46.1 Å². The first-order chi connectivity index (χ1) is 9.00. The van der Waals surface area contributed by atoms with Crippen molar-refractivity contribution in [2.75, 3.05) is 19.6 Å². The van der Waals surface area contributed by atoms with Gasteiger partial charge in [0.2, 0.25) is 0 Å². The molecule has 3 N–H and O–H groups in total. The van der Waals surface area contributed by atoms with Crippen molar-refractivity contribution < 1.29 is 19.8 Å². The molecule has 1 fully saturated rings. The highest BCUT2D eigenvalue weighted by Crippen LogP contribution is 2.24. The van der Waals surface area contributed by atoms with Crippen LogP contribution in [0.1, 0.15) is 40.5 Å². The van der Waals surface area contributed by atoms with Crippen LogP contribution in [0, 0.1) is 11.3 Å². The zero-order valence-electron chi connectivity index (χ0n) is 12.8. The lowest BCUT2D eigenvalue weighted by Crippen LogP contribution is -2.43. The van der Waals surface area contributed by atoms with Crippen LogP contribution in [0.25, 0.3) is 0 Å². The van der Waals surface area contributed by atoms with Gasteiger partial charge >= 0.3 is 12.0 Å². The van der Waals surface area contributed by atoms with Gasteiger partial charge in [-0.15, -0.1) is 0 Å². The Hall–Kier alpha value is -1.30. The van der Waals surface area contributed by atoms with Crippen molar-refractivity contribution >= 4 is 12.0 Å². The number of nitrogens with one attached hydrogen (secondary N) is 1. The summed E-state index contributed by atoms with van der Waals surface area (Å²) in [5.74, 6) is -1.49. The Labute approximate surface area is 120 Å². The molecule has 1 aliphatic rings. The maximum atomic E-state index is 11.9. The topological polar surface area (TPSA) is 89.9 Å². The van der Waals surface area contributed by atoms with Crippen molar-refractivity contribution in [3.63, 3.8) is 0 Å². The molecule has 2 unspecified atom stereocenters. The average Bonchev–Trinajstić information content (AvgIpc) is 2.62. The van der Waals surface area contributed by atoms with Crippen LogP contribution < -0.4 is 5.32 Å². The zero-order chi connectivity index (χ0) is 15.6. The number of aliphatic carboxylic acids is 1. The number of carbonyl (C=O) groups is 2. The number of carboxylic acids is 1. The van der Waals surface area contributed by atoms with Crippen molar-refractivity contribution in [3.05, 3.63) is 0 Å². The van der Waals surface area contributed by atoms with Crippen LogP contribution in [0.5, 0.6) is 0 Å². The summed E-state index contributed by atoms with van der Waals surface area (Å²) < 4.78 is 0. The van der Waals surface area contributed by atoms with E-state index in [1.807, 2.05) is 20.8 Å². The van der Waals surface area contributed by atoms with Gasteiger partial charge in [-0.25, -0.2) is 4.79 Å². The summed E-state index contributed by atoms with van der Waals surface area (Å²) in [5, 5.41) is 21.7. The number of carbonyl (C=O) groups excluding carboxylic acids is 1. The van der Waals surface area contributed by atoms with Gasteiger partial charge in [-0.05, 0) is 25.2 Å². The molecule has 0 saturated carbocycles. The van der Waals surface area contributed by atoms with E-state index in [0.717, 1.165) is 0 Å². The van der Waals surface area contributed by atoms with Crippen LogP contribution in [0.4, 0.5) is 4.79 Å². The van der Waals surface area contributed by atoms with Gasteiger partial charge in [0, 0.05) is 13.1 Å². The number of β-amino-alcohol motifs (C(OH)–C–C–N with tert-alkyl or cyclic N) is 1. The highest BCUT2D eigenvalue weighted by atomic mass is 16.4. The van der Waals surface area contributed by atoms with E-state index in [0.29, 0.717) is 19.4 Å². The Morgan fingerprint density at radius 1 is 1.40 bits per heavy atom. The Bertz CT molecular complexity index is 374. The predicted molar refractivity (Wildman–Crippen MR) is 75.4 cm³/mol. The molecule has 6 nitrogen and oxygen atoms in total. The van der Waals surface area contributed by atoms with Gasteiger partial charge in [-0.3, -0.25) is 4.79 Å². The molecule has 0 aromatic rings. The molecule has 0 spiro atoms. The average molecular weight is 286 g/mol. The van der Waals surface area contributed by atoms with E-state index in [9.17, 15) is 19.8 Å². The molecular formula is C14H26N2O4. The third kappa shape index (κ3) is 5.36. The summed E-state index contributed by atoms with van der Waals surface area (Å²) in [5.41, 5.74) is -0.944. The predicted octanol–water partition coefficient (Wildman–Crippen LogP) is 1.29. The lowest BCUT2D eigenvalue weighted by Gasteiger charge is -2.25. The zero-order valence-corrected chi connectivity index (χ0v) is 12.8. The first-order valence-electron chi connectivity index (χ1n) is 6.98. The van der Waals surface area contributed by atoms with Crippen LogP contribution in [-0.2, 0) is 4.79 Å². The lowest BCUT2D eigenvalue weighted by molar-refractivity contribution is -0.142. The first kappa shape index (κ1) is 16.8. The van der Waals surface area contributed by atoms with Crippen LogP contribution in [0.3, 0.4) is 0 Å². The molecule has 1 heterocycles. The fourth-order valence-corrected chi connectivity index (χ4v) is 2.43. The van der Waals surface area contributed by atoms with Gasteiger partial charge in [-0.1, -0.05) is 20.8 Å². The van der Waals surface area contributed by atoms with Gasteiger partial charge in [0.05, 0.1) is 18.1 Å². The standard InChI is InChI=1S/C14H26N2O4/c1-13(2,3)7-10(11(17)18)8-15-12(19)16-6-5-14(4,20)9-16/h10,20H,5-9H2,1-4H3,(H,15,19)(H,17,18). The van der Waals surface area contributed by atoms with Crippen LogP contribution in [0.15, 0.2) is 0 Å². The number of aliphatic hydroxyl groups is 1. The van der Waals surface area contributed by atoms with Crippen molar-refractivity contribution in [2.24, 2.45) is 11.3 Å². The highest BCUT2D eigenvalue weighted by Gasteiger charge is 2.34. The maximum Gasteiger partial charge on any atom is 0.317 e. The molecule has 0 radical (unpaired) electrons. The van der Waals surface area contributed by atoms with Crippen LogP contribution in [0.2, 0.25) is 0 Å². The lowest BCUT2D eigenvalue weighted by atomic mass is 9.84. The number of hydrogen-bond acceptors (Lipinski definition) is 3. The fourth-order valence-electron chi connectivity index (χ4n) is 2.43. The smallest absolute Gasteiger partial charge is 0.317 e. The number of nitrogens with zero attached hydrogens (tertiary/aromatic N) is 1. The summed E-state index contributed by atoms with van der Waals surface area (Å²) in [6.07, 6.45) is 1.05. The van der Waals surface area contributed by atoms with Gasteiger partial charge in [0.1, 0.15) is 0 Å². The summed E-state index contributed by atoms with van der Waals surface area (Å²) in [7, 11) is 0. The summed E-state index contributed by atoms with van der Waals surface area (Å²) >= 11 is 0. The number of urea groups is 1. The second-order valence-corrected chi connectivity index (χ2v) is 7.15. The second kappa shape index (κ2) is 5.99. The molecular weight excluding hydrogens is 260 g/mol. The molecule has 0 bridgehead atoms. The highest BCUT2D eigenvalue weighted by molar-refractivity contribution is 5.76. The van der Waals surface area contributed by atoms with E-state index in [4.69, 9.17) is 0 Å². The van der Waals surface area contributed by atoms with Crippen molar-refractivity contribution in [1.29, 1.82) is 0 Å². The quantitative estimate of drug-likeness (QED) is 0.726. The maximum absolute atomic E-state index is 11.9. The van der Waals surface area contributed by atoms with Gasteiger partial charge in [0.25, 0.3) is 0 Å². The third-order valence-corrected chi connectivity index (χ3v) is 3.45. The molecule has 1 saturated heterocycles. The number of likely N-dealkylation sites (tertiary alicyclic amines) is 1. The summed E-state index contributed by atoms with van der Waals surface area (Å²) in [6.45, 7) is 8.52. The van der Waals surface area contributed by atoms with Crippen LogP contribution in [-0.4, -0.2) is 52.3 Å². The number of hydrogen-bond donors (Lipinski definition) is 3. The third-order valence-electron chi connectivity index (χ3n) is 3.45. The summed E-state index contributed by atoms with van der Waals surface area (Å²) in [4.78, 5) is 24.7. The van der Waals surface area contributed by atoms with E-state index in [1.54, 1.807) is 6.92 Å².